The Balaban J connectivity index is 2.07. The maximum Gasteiger partial charge on any atom is 0.310 e. The maximum absolute atomic E-state index is 11.7. The van der Waals surface area contributed by atoms with Crippen LogP contribution in [0.5, 0.6) is 0 Å². The molecule has 2 aromatic carbocycles. The molecule has 2 atom stereocenters. The molecule has 0 radical (unpaired) electrons. The van der Waals surface area contributed by atoms with Crippen molar-refractivity contribution in [2.24, 2.45) is 0 Å². The monoisotopic (exact) mass is 296 g/mol. The van der Waals surface area contributed by atoms with Crippen molar-refractivity contribution in [1.82, 2.24) is 0 Å². The normalized spacial score (nSPS) is 17.6. The van der Waals surface area contributed by atoms with Crippen LogP contribution in [0.3, 0.4) is 0 Å². The van der Waals surface area contributed by atoms with Crippen LogP contribution in [0, 0.1) is 0 Å². The number of hydrogen-bond acceptors (Lipinski definition) is 2. The number of aldehydes is 1. The van der Waals surface area contributed by atoms with E-state index in [1.807, 2.05) is 12.1 Å². The standard InChI is InChI=1S/C19H20O3/c1-12-11-17-15(16(19(21)22)6-2-3-10-20)9-8-13-5-4-7-14(12)18(13)17/h4-5,7-10,12,16H,2-3,6,11H2,1H3,(H,21,22). The topological polar surface area (TPSA) is 54.4 Å². The summed E-state index contributed by atoms with van der Waals surface area (Å²) >= 11 is 0. The van der Waals surface area contributed by atoms with E-state index >= 15 is 0 Å². The summed E-state index contributed by atoms with van der Waals surface area (Å²) in [6.45, 7) is 2.20. The second-order valence-corrected chi connectivity index (χ2v) is 6.17. The van der Waals surface area contributed by atoms with Crippen molar-refractivity contribution in [2.75, 3.05) is 0 Å². The first-order chi connectivity index (χ1) is 10.6. The molecule has 0 amide bonds. The smallest absolute Gasteiger partial charge is 0.310 e. The Hall–Kier alpha value is -2.16. The summed E-state index contributed by atoms with van der Waals surface area (Å²) in [6.07, 6.45) is 3.33. The van der Waals surface area contributed by atoms with Gasteiger partial charge in [-0.25, -0.2) is 0 Å². The molecule has 2 aromatic rings. The van der Waals surface area contributed by atoms with Gasteiger partial charge in [0.25, 0.3) is 0 Å². The lowest BCUT2D eigenvalue weighted by atomic mass is 9.87. The summed E-state index contributed by atoms with van der Waals surface area (Å²) in [5.41, 5.74) is 3.45. The molecule has 0 fully saturated rings. The average Bonchev–Trinajstić information content (AvgIpc) is 2.84. The number of unbranched alkanes of at least 4 members (excludes halogenated alkanes) is 1. The Morgan fingerprint density at radius 2 is 2.18 bits per heavy atom. The number of carboxylic acids is 1. The molecular weight excluding hydrogens is 276 g/mol. The Labute approximate surface area is 130 Å². The zero-order valence-electron chi connectivity index (χ0n) is 12.7. The average molecular weight is 296 g/mol. The van der Waals surface area contributed by atoms with E-state index in [1.54, 1.807) is 0 Å². The number of carbonyl (C=O) groups excluding carboxylic acids is 1. The van der Waals surface area contributed by atoms with Crippen molar-refractivity contribution in [3.63, 3.8) is 0 Å². The molecule has 2 unspecified atom stereocenters. The third kappa shape index (κ3) is 2.41. The van der Waals surface area contributed by atoms with Gasteiger partial charge in [0.05, 0.1) is 5.92 Å². The van der Waals surface area contributed by atoms with Gasteiger partial charge in [0, 0.05) is 6.42 Å². The molecule has 1 aliphatic rings. The minimum absolute atomic E-state index is 0.425. The van der Waals surface area contributed by atoms with Gasteiger partial charge in [0.2, 0.25) is 0 Å². The third-order valence-electron chi connectivity index (χ3n) is 4.75. The van der Waals surface area contributed by atoms with Crippen molar-refractivity contribution in [2.45, 2.75) is 44.4 Å². The van der Waals surface area contributed by atoms with Gasteiger partial charge in [-0.05, 0) is 52.6 Å². The minimum Gasteiger partial charge on any atom is -0.481 e. The van der Waals surface area contributed by atoms with Gasteiger partial charge in [-0.2, -0.15) is 0 Å². The lowest BCUT2D eigenvalue weighted by molar-refractivity contribution is -0.139. The largest absolute Gasteiger partial charge is 0.481 e. The molecule has 0 aromatic heterocycles. The van der Waals surface area contributed by atoms with Crippen molar-refractivity contribution in [3.8, 4) is 0 Å². The van der Waals surface area contributed by atoms with Crippen molar-refractivity contribution in [3.05, 3.63) is 47.0 Å². The van der Waals surface area contributed by atoms with Crippen LogP contribution in [0.25, 0.3) is 10.8 Å². The van der Waals surface area contributed by atoms with Crippen LogP contribution in [0.15, 0.2) is 30.3 Å². The van der Waals surface area contributed by atoms with E-state index in [-0.39, 0.29) is 0 Å². The molecule has 3 heteroatoms. The van der Waals surface area contributed by atoms with Gasteiger partial charge >= 0.3 is 5.97 Å². The third-order valence-corrected chi connectivity index (χ3v) is 4.75. The quantitative estimate of drug-likeness (QED) is 0.646. The van der Waals surface area contributed by atoms with Crippen molar-refractivity contribution < 1.29 is 14.7 Å². The SMILES string of the molecule is CC1Cc2c(C(CCCC=O)C(=O)O)ccc3cccc1c23. The lowest BCUT2D eigenvalue weighted by Crippen LogP contribution is -2.13. The number of carboxylic acid groups (broad SMARTS) is 1. The first kappa shape index (κ1) is 14.8. The van der Waals surface area contributed by atoms with Gasteiger partial charge in [-0.15, -0.1) is 0 Å². The second-order valence-electron chi connectivity index (χ2n) is 6.17. The molecular formula is C19H20O3. The minimum atomic E-state index is -0.793. The molecule has 0 saturated carbocycles. The van der Waals surface area contributed by atoms with E-state index in [0.717, 1.165) is 18.3 Å². The number of carbonyl (C=O) groups is 2. The van der Waals surface area contributed by atoms with E-state index < -0.39 is 11.9 Å². The summed E-state index contributed by atoms with van der Waals surface area (Å²) in [5.74, 6) is -0.875. The summed E-state index contributed by atoms with van der Waals surface area (Å²) in [6, 6.07) is 10.3. The fourth-order valence-electron chi connectivity index (χ4n) is 3.69. The molecule has 3 rings (SSSR count). The van der Waals surface area contributed by atoms with Crippen LogP contribution < -0.4 is 0 Å². The van der Waals surface area contributed by atoms with Crippen molar-refractivity contribution in [1.29, 1.82) is 0 Å². The highest BCUT2D eigenvalue weighted by Gasteiger charge is 2.28. The van der Waals surface area contributed by atoms with Crippen LogP contribution >= 0.6 is 0 Å². The Bertz CT molecular complexity index is 733. The fraction of sp³-hybridized carbons (Fsp3) is 0.368. The van der Waals surface area contributed by atoms with Crippen LogP contribution in [0.4, 0.5) is 0 Å². The van der Waals surface area contributed by atoms with E-state index in [0.29, 0.717) is 25.2 Å². The van der Waals surface area contributed by atoms with Gasteiger partial charge in [0.1, 0.15) is 6.29 Å². The van der Waals surface area contributed by atoms with Gasteiger partial charge < -0.3 is 9.90 Å². The zero-order valence-corrected chi connectivity index (χ0v) is 12.7. The van der Waals surface area contributed by atoms with Crippen LogP contribution in [0.1, 0.15) is 54.7 Å². The van der Waals surface area contributed by atoms with E-state index in [9.17, 15) is 14.7 Å². The molecule has 0 bridgehead atoms. The van der Waals surface area contributed by atoms with Crippen LogP contribution in [-0.2, 0) is 16.0 Å². The summed E-state index contributed by atoms with van der Waals surface area (Å²) in [4.78, 5) is 22.2. The molecule has 114 valence electrons. The van der Waals surface area contributed by atoms with E-state index in [4.69, 9.17) is 0 Å². The zero-order chi connectivity index (χ0) is 15.7. The van der Waals surface area contributed by atoms with Crippen LogP contribution in [-0.4, -0.2) is 17.4 Å². The first-order valence-electron chi connectivity index (χ1n) is 7.84. The van der Waals surface area contributed by atoms with Crippen LogP contribution in [0.2, 0.25) is 0 Å². The highest BCUT2D eigenvalue weighted by atomic mass is 16.4. The molecule has 22 heavy (non-hydrogen) atoms. The molecule has 1 N–H and O–H groups in total. The Kier molecular flexibility index (Phi) is 3.97. The number of hydrogen-bond donors (Lipinski definition) is 1. The number of aliphatic carboxylic acids is 1. The van der Waals surface area contributed by atoms with Gasteiger partial charge in [0.15, 0.2) is 0 Å². The predicted octanol–water partition coefficient (Wildman–Crippen LogP) is 4.04. The molecule has 3 nitrogen and oxygen atoms in total. The van der Waals surface area contributed by atoms with Gasteiger partial charge in [-0.1, -0.05) is 37.3 Å². The van der Waals surface area contributed by atoms with E-state index in [1.165, 1.54) is 21.9 Å². The molecule has 0 aliphatic heterocycles. The highest BCUT2D eigenvalue weighted by molar-refractivity contribution is 5.94. The number of rotatable bonds is 6. The molecule has 0 saturated heterocycles. The number of benzene rings is 2. The van der Waals surface area contributed by atoms with Crippen molar-refractivity contribution >= 4 is 23.0 Å². The molecule has 0 spiro atoms. The highest BCUT2D eigenvalue weighted by Crippen LogP contribution is 2.42. The summed E-state index contributed by atoms with van der Waals surface area (Å²) in [7, 11) is 0. The first-order valence-corrected chi connectivity index (χ1v) is 7.84. The summed E-state index contributed by atoms with van der Waals surface area (Å²) < 4.78 is 0. The Morgan fingerprint density at radius 3 is 2.91 bits per heavy atom. The predicted molar refractivity (Wildman–Crippen MR) is 86.4 cm³/mol. The Morgan fingerprint density at radius 1 is 1.36 bits per heavy atom. The lowest BCUT2D eigenvalue weighted by Gasteiger charge is -2.16. The fourth-order valence-corrected chi connectivity index (χ4v) is 3.69. The van der Waals surface area contributed by atoms with Gasteiger partial charge in [-0.3, -0.25) is 4.79 Å². The summed E-state index contributed by atoms with van der Waals surface area (Å²) in [5, 5.41) is 12.0. The maximum atomic E-state index is 11.7. The second kappa shape index (κ2) is 5.91. The molecule has 1 aliphatic carbocycles. The van der Waals surface area contributed by atoms with E-state index in [2.05, 4.69) is 25.1 Å². The molecule has 0 heterocycles.